The number of nitrogen functional groups attached to an aromatic ring is 1. The van der Waals surface area contributed by atoms with E-state index in [4.69, 9.17) is 5.73 Å². The van der Waals surface area contributed by atoms with Crippen LogP contribution in [0, 0.1) is 15.2 Å². The van der Waals surface area contributed by atoms with Crippen molar-refractivity contribution in [2.75, 3.05) is 5.73 Å². The van der Waals surface area contributed by atoms with Crippen LogP contribution >= 0.6 is 22.6 Å². The Morgan fingerprint density at radius 2 is 1.90 bits per heavy atom. The van der Waals surface area contributed by atoms with Gasteiger partial charge in [-0.3, -0.25) is 0 Å². The third-order valence-corrected chi connectivity index (χ3v) is 1.64. The monoisotopic (exact) mass is 255 g/mol. The van der Waals surface area contributed by atoms with E-state index in [1.165, 1.54) is 6.07 Å². The van der Waals surface area contributed by atoms with Crippen LogP contribution in [0.5, 0.6) is 0 Å². The van der Waals surface area contributed by atoms with E-state index in [1.807, 2.05) is 22.6 Å². The maximum atomic E-state index is 12.4. The molecule has 0 atom stereocenters. The van der Waals surface area contributed by atoms with Gasteiger partial charge in [-0.2, -0.15) is 0 Å². The van der Waals surface area contributed by atoms with Gasteiger partial charge in [0.25, 0.3) is 0 Å². The molecule has 1 aromatic carbocycles. The Kier molecular flexibility index (Phi) is 2.08. The highest BCUT2D eigenvalue weighted by Crippen LogP contribution is 2.17. The van der Waals surface area contributed by atoms with E-state index in [2.05, 4.69) is 0 Å². The molecule has 0 radical (unpaired) electrons. The Morgan fingerprint density at radius 1 is 1.30 bits per heavy atom. The van der Waals surface area contributed by atoms with E-state index in [9.17, 15) is 8.78 Å². The largest absolute Gasteiger partial charge is 0.396 e. The molecule has 4 heteroatoms. The van der Waals surface area contributed by atoms with Crippen molar-refractivity contribution >= 4 is 28.3 Å². The minimum Gasteiger partial charge on any atom is -0.396 e. The van der Waals surface area contributed by atoms with Crippen molar-refractivity contribution in [3.05, 3.63) is 27.3 Å². The van der Waals surface area contributed by atoms with Gasteiger partial charge in [0.1, 0.15) is 0 Å². The van der Waals surface area contributed by atoms with Gasteiger partial charge in [-0.1, -0.05) is 0 Å². The zero-order chi connectivity index (χ0) is 7.72. The zero-order valence-electron chi connectivity index (χ0n) is 4.87. The molecule has 0 aliphatic heterocycles. The summed E-state index contributed by atoms with van der Waals surface area (Å²) < 4.78 is 25.4. The van der Waals surface area contributed by atoms with Gasteiger partial charge in [-0.15, -0.1) is 0 Å². The Bertz CT molecular complexity index is 239. The van der Waals surface area contributed by atoms with E-state index in [-0.39, 0.29) is 5.69 Å². The average molecular weight is 255 g/mol. The minimum absolute atomic E-state index is 0.149. The summed E-state index contributed by atoms with van der Waals surface area (Å²) in [5.41, 5.74) is 4.95. The third kappa shape index (κ3) is 1.36. The number of benzene rings is 1. The van der Waals surface area contributed by atoms with Crippen LogP contribution in [0.2, 0.25) is 0 Å². The van der Waals surface area contributed by atoms with Crippen molar-refractivity contribution < 1.29 is 8.78 Å². The maximum absolute atomic E-state index is 12.4. The summed E-state index contributed by atoms with van der Waals surface area (Å²) in [6.45, 7) is 0. The second-order valence-corrected chi connectivity index (χ2v) is 3.04. The number of anilines is 1. The van der Waals surface area contributed by atoms with Crippen LogP contribution < -0.4 is 5.73 Å². The fourth-order valence-corrected chi connectivity index (χ4v) is 1.18. The highest BCUT2D eigenvalue weighted by molar-refractivity contribution is 14.1. The normalized spacial score (nSPS) is 9.90. The third-order valence-electron chi connectivity index (χ3n) is 1.02. The van der Waals surface area contributed by atoms with Crippen LogP contribution in [0.25, 0.3) is 0 Å². The molecule has 0 heterocycles. The molecule has 0 aliphatic carbocycles. The zero-order valence-corrected chi connectivity index (χ0v) is 7.02. The molecule has 10 heavy (non-hydrogen) atoms. The predicted octanol–water partition coefficient (Wildman–Crippen LogP) is 2.15. The van der Waals surface area contributed by atoms with Gasteiger partial charge in [0.05, 0.1) is 5.69 Å². The number of nitrogens with two attached hydrogens (primary N) is 1. The van der Waals surface area contributed by atoms with Crippen LogP contribution in [-0.4, -0.2) is 0 Å². The summed E-state index contributed by atoms with van der Waals surface area (Å²) in [6.07, 6.45) is 0. The summed E-state index contributed by atoms with van der Waals surface area (Å²) in [5.74, 6) is -1.87. The lowest BCUT2D eigenvalue weighted by molar-refractivity contribution is 0.511. The lowest BCUT2D eigenvalue weighted by atomic mass is 10.3. The summed E-state index contributed by atoms with van der Waals surface area (Å²) in [5, 5.41) is 0. The first kappa shape index (κ1) is 7.71. The fraction of sp³-hybridized carbons (Fsp3) is 0. The van der Waals surface area contributed by atoms with Crippen molar-refractivity contribution in [3.63, 3.8) is 0 Å². The van der Waals surface area contributed by atoms with Crippen molar-refractivity contribution in [2.45, 2.75) is 0 Å². The van der Waals surface area contributed by atoms with Crippen molar-refractivity contribution in [3.8, 4) is 0 Å². The summed E-state index contributed by atoms with van der Waals surface area (Å²) in [7, 11) is 0. The van der Waals surface area contributed by atoms with Gasteiger partial charge in [0.15, 0.2) is 11.6 Å². The summed E-state index contributed by atoms with van der Waals surface area (Å²) in [4.78, 5) is 0. The van der Waals surface area contributed by atoms with Gasteiger partial charge in [-0.25, -0.2) is 8.78 Å². The SMILES string of the molecule is Nc1cc(I)cc(F)c1F. The Balaban J connectivity index is 3.31. The van der Waals surface area contributed by atoms with Crippen LogP contribution in [0.3, 0.4) is 0 Å². The minimum atomic E-state index is -0.972. The molecule has 0 bridgehead atoms. The maximum Gasteiger partial charge on any atom is 0.181 e. The van der Waals surface area contributed by atoms with Gasteiger partial charge < -0.3 is 5.73 Å². The first-order valence-corrected chi connectivity index (χ1v) is 3.59. The van der Waals surface area contributed by atoms with E-state index in [1.54, 1.807) is 0 Å². The summed E-state index contributed by atoms with van der Waals surface area (Å²) >= 11 is 1.86. The molecule has 0 unspecified atom stereocenters. The number of halogens is 3. The quantitative estimate of drug-likeness (QED) is 0.429. The lowest BCUT2D eigenvalue weighted by Crippen LogP contribution is -1.94. The predicted molar refractivity (Wildman–Crippen MR) is 43.5 cm³/mol. The van der Waals surface area contributed by atoms with Crippen molar-refractivity contribution in [1.82, 2.24) is 0 Å². The van der Waals surface area contributed by atoms with Gasteiger partial charge in [-0.05, 0) is 34.7 Å². The molecule has 0 saturated carbocycles. The molecular weight excluding hydrogens is 251 g/mol. The van der Waals surface area contributed by atoms with Crippen LogP contribution in [0.4, 0.5) is 14.5 Å². The van der Waals surface area contributed by atoms with Gasteiger partial charge >= 0.3 is 0 Å². The van der Waals surface area contributed by atoms with Crippen molar-refractivity contribution in [2.24, 2.45) is 0 Å². The number of hydrogen-bond donors (Lipinski definition) is 1. The van der Waals surface area contributed by atoms with E-state index >= 15 is 0 Å². The van der Waals surface area contributed by atoms with E-state index in [0.29, 0.717) is 3.57 Å². The molecule has 1 aromatic rings. The molecule has 54 valence electrons. The number of rotatable bonds is 0. The molecule has 0 fully saturated rings. The van der Waals surface area contributed by atoms with Crippen LogP contribution in [-0.2, 0) is 0 Å². The van der Waals surface area contributed by atoms with Crippen molar-refractivity contribution in [1.29, 1.82) is 0 Å². The van der Waals surface area contributed by atoms with Crippen LogP contribution in [0.15, 0.2) is 12.1 Å². The van der Waals surface area contributed by atoms with Gasteiger partial charge in [0.2, 0.25) is 0 Å². The fourth-order valence-electron chi connectivity index (χ4n) is 0.576. The smallest absolute Gasteiger partial charge is 0.181 e. The van der Waals surface area contributed by atoms with E-state index < -0.39 is 11.6 Å². The lowest BCUT2D eigenvalue weighted by Gasteiger charge is -1.97. The second kappa shape index (κ2) is 2.69. The average Bonchev–Trinajstić information content (AvgIpc) is 1.82. The standard InChI is InChI=1S/C6H4F2IN/c7-4-1-3(9)2-5(10)6(4)8/h1-2H,10H2. The molecule has 1 rings (SSSR count). The first-order chi connectivity index (χ1) is 4.61. The van der Waals surface area contributed by atoms with Crippen LogP contribution in [0.1, 0.15) is 0 Å². The molecule has 0 saturated heterocycles. The molecule has 0 amide bonds. The Labute approximate surface area is 70.4 Å². The summed E-state index contributed by atoms with van der Waals surface area (Å²) in [6, 6.07) is 2.46. The van der Waals surface area contributed by atoms with Gasteiger partial charge in [0, 0.05) is 3.57 Å². The topological polar surface area (TPSA) is 26.0 Å². The highest BCUT2D eigenvalue weighted by Gasteiger charge is 2.05. The molecule has 2 N–H and O–H groups in total. The molecule has 0 aliphatic rings. The molecule has 0 spiro atoms. The Morgan fingerprint density at radius 3 is 2.40 bits per heavy atom. The van der Waals surface area contributed by atoms with E-state index in [0.717, 1.165) is 6.07 Å². The highest BCUT2D eigenvalue weighted by atomic mass is 127. The first-order valence-electron chi connectivity index (χ1n) is 2.51. The Hall–Kier alpha value is -0.390. The number of hydrogen-bond acceptors (Lipinski definition) is 1. The second-order valence-electron chi connectivity index (χ2n) is 1.79. The molecule has 1 nitrogen and oxygen atoms in total. The molecular formula is C6H4F2IN. The molecule has 0 aromatic heterocycles.